The Morgan fingerprint density at radius 1 is 1.26 bits per heavy atom. The van der Waals surface area contributed by atoms with Crippen molar-refractivity contribution < 1.29 is 9.47 Å². The number of benzene rings is 1. The van der Waals surface area contributed by atoms with Gasteiger partial charge in [0.05, 0.1) is 26.8 Å². The van der Waals surface area contributed by atoms with Gasteiger partial charge in [-0.2, -0.15) is 0 Å². The van der Waals surface area contributed by atoms with Crippen LogP contribution in [0.3, 0.4) is 0 Å². The van der Waals surface area contributed by atoms with Gasteiger partial charge in [-0.25, -0.2) is 0 Å². The summed E-state index contributed by atoms with van der Waals surface area (Å²) in [4.78, 5) is 9.55. The van der Waals surface area contributed by atoms with E-state index in [0.717, 1.165) is 37.1 Å². The van der Waals surface area contributed by atoms with Gasteiger partial charge in [0.15, 0.2) is 17.5 Å². The molecule has 0 radical (unpaired) electrons. The molecular weight excluding hydrogens is 340 g/mol. The highest BCUT2D eigenvalue weighted by Gasteiger charge is 2.31. The third kappa shape index (κ3) is 5.51. The van der Waals surface area contributed by atoms with E-state index in [4.69, 9.17) is 14.5 Å². The molecule has 1 aliphatic rings. The first-order valence-electron chi connectivity index (χ1n) is 9.73. The molecule has 1 atom stereocenters. The first-order valence-corrected chi connectivity index (χ1v) is 9.73. The highest BCUT2D eigenvalue weighted by atomic mass is 16.5. The first kappa shape index (κ1) is 21.4. The van der Waals surface area contributed by atoms with Crippen LogP contribution >= 0.6 is 0 Å². The summed E-state index contributed by atoms with van der Waals surface area (Å²) in [6.07, 6.45) is 1.20. The van der Waals surface area contributed by atoms with Gasteiger partial charge < -0.3 is 24.6 Å². The van der Waals surface area contributed by atoms with Crippen molar-refractivity contribution in [1.29, 1.82) is 0 Å². The van der Waals surface area contributed by atoms with Gasteiger partial charge in [-0.15, -0.1) is 0 Å². The zero-order chi connectivity index (χ0) is 20.0. The SMILES string of the molecule is CCNC(=NCC(c1ccc(OC)c(OC)c1)N(C)C)N1CCC(C)(C)C1. The standard InChI is InChI=1S/C21H36N4O2/c1-8-22-20(25-12-11-21(2,3)15-25)23-14-17(24(4)5)16-9-10-18(26-6)19(13-16)27-7/h9-10,13,17H,8,11-12,14-15H2,1-7H3,(H,22,23). The second-order valence-corrected chi connectivity index (χ2v) is 8.12. The third-order valence-electron chi connectivity index (χ3n) is 5.14. The Hall–Kier alpha value is -1.95. The van der Waals surface area contributed by atoms with Gasteiger partial charge in [-0.1, -0.05) is 19.9 Å². The fourth-order valence-corrected chi connectivity index (χ4v) is 3.52. The van der Waals surface area contributed by atoms with Crippen LogP contribution in [0.15, 0.2) is 23.2 Å². The van der Waals surface area contributed by atoms with Crippen LogP contribution in [-0.4, -0.2) is 70.3 Å². The summed E-state index contributed by atoms with van der Waals surface area (Å²) in [5.41, 5.74) is 1.51. The summed E-state index contributed by atoms with van der Waals surface area (Å²) in [5, 5.41) is 3.46. The lowest BCUT2D eigenvalue weighted by Gasteiger charge is -2.27. The van der Waals surface area contributed by atoms with E-state index in [0.29, 0.717) is 12.0 Å². The lowest BCUT2D eigenvalue weighted by molar-refractivity contribution is 0.302. The maximum atomic E-state index is 5.48. The molecule has 0 spiro atoms. The van der Waals surface area contributed by atoms with Crippen molar-refractivity contribution in [3.05, 3.63) is 23.8 Å². The predicted molar refractivity (Wildman–Crippen MR) is 112 cm³/mol. The maximum Gasteiger partial charge on any atom is 0.194 e. The fraction of sp³-hybridized carbons (Fsp3) is 0.667. The number of aliphatic imine (C=N–C) groups is 1. The van der Waals surface area contributed by atoms with E-state index in [1.165, 1.54) is 12.0 Å². The number of ether oxygens (including phenoxy) is 2. The molecule has 152 valence electrons. The molecule has 1 fully saturated rings. The zero-order valence-corrected chi connectivity index (χ0v) is 18.0. The Balaban J connectivity index is 2.22. The minimum absolute atomic E-state index is 0.161. The summed E-state index contributed by atoms with van der Waals surface area (Å²) in [6, 6.07) is 6.26. The van der Waals surface area contributed by atoms with E-state index in [-0.39, 0.29) is 6.04 Å². The largest absolute Gasteiger partial charge is 0.493 e. The molecule has 1 saturated heterocycles. The number of likely N-dealkylation sites (N-methyl/N-ethyl adjacent to an activating group) is 1. The predicted octanol–water partition coefficient (Wildman–Crippen LogP) is 3.00. The molecule has 1 unspecified atom stereocenters. The fourth-order valence-electron chi connectivity index (χ4n) is 3.52. The van der Waals surface area contributed by atoms with E-state index < -0.39 is 0 Å². The molecule has 6 nitrogen and oxygen atoms in total. The lowest BCUT2D eigenvalue weighted by atomic mass is 9.93. The molecule has 1 aromatic carbocycles. The number of nitrogens with one attached hydrogen (secondary N) is 1. The van der Waals surface area contributed by atoms with E-state index in [2.05, 4.69) is 56.0 Å². The van der Waals surface area contributed by atoms with Gasteiger partial charge in [0.25, 0.3) is 0 Å². The van der Waals surface area contributed by atoms with Gasteiger partial charge in [-0.05, 0) is 50.6 Å². The minimum atomic E-state index is 0.161. The van der Waals surface area contributed by atoms with Gasteiger partial charge in [-0.3, -0.25) is 4.99 Å². The Morgan fingerprint density at radius 3 is 2.48 bits per heavy atom. The molecule has 0 bridgehead atoms. The molecule has 1 aliphatic heterocycles. The summed E-state index contributed by atoms with van der Waals surface area (Å²) >= 11 is 0. The van der Waals surface area contributed by atoms with Crippen molar-refractivity contribution in [3.8, 4) is 11.5 Å². The van der Waals surface area contributed by atoms with Crippen molar-refractivity contribution in [2.45, 2.75) is 33.2 Å². The van der Waals surface area contributed by atoms with Crippen molar-refractivity contribution in [1.82, 2.24) is 15.1 Å². The third-order valence-corrected chi connectivity index (χ3v) is 5.14. The molecule has 1 heterocycles. The second kappa shape index (κ2) is 9.31. The Labute approximate surface area is 164 Å². The van der Waals surface area contributed by atoms with E-state index in [1.807, 2.05) is 12.1 Å². The highest BCUT2D eigenvalue weighted by Crippen LogP contribution is 2.32. The molecule has 27 heavy (non-hydrogen) atoms. The summed E-state index contributed by atoms with van der Waals surface area (Å²) in [7, 11) is 7.50. The topological polar surface area (TPSA) is 49.3 Å². The van der Waals surface area contributed by atoms with Crippen molar-refractivity contribution in [2.24, 2.45) is 10.4 Å². The summed E-state index contributed by atoms with van der Waals surface area (Å²) < 4.78 is 10.8. The maximum absolute atomic E-state index is 5.48. The Morgan fingerprint density at radius 2 is 1.96 bits per heavy atom. The van der Waals surface area contributed by atoms with Crippen LogP contribution in [0, 0.1) is 5.41 Å². The monoisotopic (exact) mass is 376 g/mol. The van der Waals surface area contributed by atoms with E-state index >= 15 is 0 Å². The summed E-state index contributed by atoms with van der Waals surface area (Å²) in [6.45, 7) is 10.4. The van der Waals surface area contributed by atoms with Crippen molar-refractivity contribution in [2.75, 3.05) is 54.5 Å². The van der Waals surface area contributed by atoms with Gasteiger partial charge in [0.2, 0.25) is 0 Å². The van der Waals surface area contributed by atoms with E-state index in [9.17, 15) is 0 Å². The molecule has 0 aliphatic carbocycles. The average molecular weight is 377 g/mol. The molecular formula is C21H36N4O2. The summed E-state index contributed by atoms with van der Waals surface area (Å²) in [5.74, 6) is 2.50. The van der Waals surface area contributed by atoms with Crippen LogP contribution in [0.1, 0.15) is 38.8 Å². The Bertz CT molecular complexity index is 643. The molecule has 1 aromatic rings. The van der Waals surface area contributed by atoms with Crippen LogP contribution in [0.2, 0.25) is 0 Å². The van der Waals surface area contributed by atoms with E-state index in [1.54, 1.807) is 14.2 Å². The molecule has 0 amide bonds. The average Bonchev–Trinajstić information content (AvgIpc) is 3.00. The molecule has 0 saturated carbocycles. The molecule has 1 N–H and O–H groups in total. The van der Waals surface area contributed by atoms with Crippen molar-refractivity contribution in [3.63, 3.8) is 0 Å². The van der Waals surface area contributed by atoms with Crippen LogP contribution in [0.5, 0.6) is 11.5 Å². The number of rotatable bonds is 7. The number of methoxy groups -OCH3 is 2. The van der Waals surface area contributed by atoms with Gasteiger partial charge in [0.1, 0.15) is 0 Å². The van der Waals surface area contributed by atoms with Gasteiger partial charge >= 0.3 is 0 Å². The molecule has 0 aromatic heterocycles. The minimum Gasteiger partial charge on any atom is -0.493 e. The quantitative estimate of drug-likeness (QED) is 0.586. The highest BCUT2D eigenvalue weighted by molar-refractivity contribution is 5.80. The number of likely N-dealkylation sites (tertiary alicyclic amines) is 1. The van der Waals surface area contributed by atoms with Crippen LogP contribution < -0.4 is 14.8 Å². The lowest BCUT2D eigenvalue weighted by Crippen LogP contribution is -2.41. The van der Waals surface area contributed by atoms with Gasteiger partial charge in [0, 0.05) is 19.6 Å². The molecule has 6 heteroatoms. The van der Waals surface area contributed by atoms with Crippen LogP contribution in [0.4, 0.5) is 0 Å². The number of guanidine groups is 1. The smallest absolute Gasteiger partial charge is 0.194 e. The normalized spacial score (nSPS) is 17.9. The Kier molecular flexibility index (Phi) is 7.36. The first-order chi connectivity index (χ1) is 12.8. The van der Waals surface area contributed by atoms with Crippen LogP contribution in [-0.2, 0) is 0 Å². The van der Waals surface area contributed by atoms with Crippen molar-refractivity contribution >= 4 is 5.96 Å². The van der Waals surface area contributed by atoms with Crippen LogP contribution in [0.25, 0.3) is 0 Å². The number of nitrogens with zero attached hydrogens (tertiary/aromatic N) is 3. The number of hydrogen-bond acceptors (Lipinski definition) is 4. The second-order valence-electron chi connectivity index (χ2n) is 8.12. The number of hydrogen-bond donors (Lipinski definition) is 1. The molecule has 2 rings (SSSR count). The zero-order valence-electron chi connectivity index (χ0n) is 18.0.